The number of nitrogens with two attached hydrogens (primary N) is 1. The van der Waals surface area contributed by atoms with E-state index in [9.17, 15) is 9.59 Å². The Labute approximate surface area is 148 Å². The Kier molecular flexibility index (Phi) is 8.28. The Bertz CT molecular complexity index is 529. The van der Waals surface area contributed by atoms with Crippen LogP contribution >= 0.6 is 11.8 Å². The monoisotopic (exact) mass is 352 g/mol. The van der Waals surface area contributed by atoms with Crippen LogP contribution in [0, 0.1) is 0 Å². The van der Waals surface area contributed by atoms with Gasteiger partial charge < -0.3 is 15.8 Å². The number of nitrogens with one attached hydrogen (secondary N) is 1. The number of ether oxygens (including phenoxy) is 1. The molecule has 1 aromatic rings. The molecule has 0 fully saturated rings. The third kappa shape index (κ3) is 7.84. The molecule has 0 spiro atoms. The molecule has 1 aromatic carbocycles. The van der Waals surface area contributed by atoms with Crippen LogP contribution in [0.5, 0.6) is 0 Å². The maximum atomic E-state index is 12.3. The van der Waals surface area contributed by atoms with Crippen molar-refractivity contribution < 1.29 is 14.3 Å². The van der Waals surface area contributed by atoms with Crippen molar-refractivity contribution in [1.29, 1.82) is 0 Å². The predicted molar refractivity (Wildman–Crippen MR) is 98.9 cm³/mol. The van der Waals surface area contributed by atoms with Crippen molar-refractivity contribution in [2.75, 3.05) is 12.4 Å². The number of amides is 1. The fourth-order valence-electron chi connectivity index (χ4n) is 1.98. The van der Waals surface area contributed by atoms with Crippen molar-refractivity contribution >= 4 is 23.6 Å². The molecule has 1 amide bonds. The minimum atomic E-state index is -0.705. The first kappa shape index (κ1) is 20.5. The minimum absolute atomic E-state index is 0.0123. The number of hydrogen-bond acceptors (Lipinski definition) is 5. The highest BCUT2D eigenvalue weighted by Gasteiger charge is 2.26. The molecule has 24 heavy (non-hydrogen) atoms. The molecule has 5 nitrogen and oxygen atoms in total. The molecule has 2 atom stereocenters. The number of hydrogen-bond donors (Lipinski definition) is 2. The van der Waals surface area contributed by atoms with Crippen LogP contribution in [-0.2, 0) is 20.7 Å². The van der Waals surface area contributed by atoms with Gasteiger partial charge in [0.2, 0.25) is 5.91 Å². The summed E-state index contributed by atoms with van der Waals surface area (Å²) in [5.74, 6) is -0.313. The van der Waals surface area contributed by atoms with Crippen molar-refractivity contribution in [3.05, 3.63) is 35.9 Å². The van der Waals surface area contributed by atoms with Crippen LogP contribution in [0.4, 0.5) is 0 Å². The van der Waals surface area contributed by atoms with Gasteiger partial charge in [-0.15, -0.1) is 0 Å². The van der Waals surface area contributed by atoms with Crippen molar-refractivity contribution in [3.63, 3.8) is 0 Å². The lowest BCUT2D eigenvalue weighted by Gasteiger charge is -2.23. The Morgan fingerprint density at radius 3 is 2.42 bits per heavy atom. The highest BCUT2D eigenvalue weighted by atomic mass is 32.2. The third-order valence-corrected chi connectivity index (χ3v) is 4.57. The van der Waals surface area contributed by atoms with E-state index in [1.54, 1.807) is 18.7 Å². The van der Waals surface area contributed by atoms with E-state index in [0.29, 0.717) is 12.2 Å². The first-order valence-corrected chi connectivity index (χ1v) is 9.12. The molecule has 0 aromatic heterocycles. The molecule has 2 unspecified atom stereocenters. The maximum Gasteiger partial charge on any atom is 0.329 e. The second kappa shape index (κ2) is 9.69. The van der Waals surface area contributed by atoms with Gasteiger partial charge in [-0.05, 0) is 18.9 Å². The van der Waals surface area contributed by atoms with Gasteiger partial charge in [-0.1, -0.05) is 51.1 Å². The van der Waals surface area contributed by atoms with Crippen LogP contribution in [-0.4, -0.2) is 41.1 Å². The minimum Gasteiger partial charge on any atom is -0.464 e. The van der Waals surface area contributed by atoms with E-state index in [0.717, 1.165) is 5.56 Å². The standard InChI is InChI=1S/C18H28N2O3S/c1-5-23-17(22)15(12-24-18(2,3)4)20-16(21)14(19)11-13-9-7-6-8-10-13/h6-10,14-15H,5,11-12,19H2,1-4H3,(H,20,21). The Morgan fingerprint density at radius 1 is 1.25 bits per heavy atom. The summed E-state index contributed by atoms with van der Waals surface area (Å²) in [6.07, 6.45) is 0.425. The molecular weight excluding hydrogens is 324 g/mol. The second-order valence-corrected chi connectivity index (χ2v) is 8.38. The summed E-state index contributed by atoms with van der Waals surface area (Å²) in [4.78, 5) is 24.4. The van der Waals surface area contributed by atoms with E-state index in [-0.39, 0.29) is 17.3 Å². The van der Waals surface area contributed by atoms with Gasteiger partial charge in [-0.2, -0.15) is 11.8 Å². The first-order valence-electron chi connectivity index (χ1n) is 8.13. The summed E-state index contributed by atoms with van der Waals surface area (Å²) in [5, 5.41) is 2.73. The Morgan fingerprint density at radius 2 is 1.88 bits per heavy atom. The van der Waals surface area contributed by atoms with Crippen LogP contribution in [0.1, 0.15) is 33.3 Å². The van der Waals surface area contributed by atoms with Crippen molar-refractivity contribution in [3.8, 4) is 0 Å². The summed E-state index contributed by atoms with van der Waals surface area (Å²) in [6.45, 7) is 8.20. The number of carbonyl (C=O) groups excluding carboxylic acids is 2. The van der Waals surface area contributed by atoms with Gasteiger partial charge in [0.15, 0.2) is 0 Å². The smallest absolute Gasteiger partial charge is 0.329 e. The van der Waals surface area contributed by atoms with E-state index in [1.807, 2.05) is 30.3 Å². The average molecular weight is 353 g/mol. The van der Waals surface area contributed by atoms with E-state index in [1.165, 1.54) is 0 Å². The molecule has 0 heterocycles. The molecule has 3 N–H and O–H groups in total. The van der Waals surface area contributed by atoms with Crippen LogP contribution in [0.3, 0.4) is 0 Å². The second-order valence-electron chi connectivity index (χ2n) is 6.53. The van der Waals surface area contributed by atoms with Crippen LogP contribution in [0.2, 0.25) is 0 Å². The van der Waals surface area contributed by atoms with E-state index >= 15 is 0 Å². The molecule has 6 heteroatoms. The van der Waals surface area contributed by atoms with Crippen LogP contribution in [0.25, 0.3) is 0 Å². The van der Waals surface area contributed by atoms with Crippen LogP contribution in [0.15, 0.2) is 30.3 Å². The fraction of sp³-hybridized carbons (Fsp3) is 0.556. The number of rotatable bonds is 8. The zero-order valence-electron chi connectivity index (χ0n) is 14.9. The molecule has 0 aliphatic heterocycles. The fourth-order valence-corrected chi connectivity index (χ4v) is 2.87. The largest absolute Gasteiger partial charge is 0.464 e. The summed E-state index contributed by atoms with van der Waals surface area (Å²) in [7, 11) is 0. The van der Waals surface area contributed by atoms with Crippen molar-refractivity contribution in [1.82, 2.24) is 5.32 Å². The van der Waals surface area contributed by atoms with Gasteiger partial charge in [0, 0.05) is 10.5 Å². The average Bonchev–Trinajstić information content (AvgIpc) is 2.51. The van der Waals surface area contributed by atoms with Gasteiger partial charge in [0.25, 0.3) is 0 Å². The lowest BCUT2D eigenvalue weighted by atomic mass is 10.1. The number of benzene rings is 1. The molecule has 0 radical (unpaired) electrons. The number of thioether (sulfide) groups is 1. The van der Waals surface area contributed by atoms with Gasteiger partial charge in [0.05, 0.1) is 12.6 Å². The number of esters is 1. The molecule has 0 bridgehead atoms. The van der Waals surface area contributed by atoms with Crippen LogP contribution < -0.4 is 11.1 Å². The lowest BCUT2D eigenvalue weighted by Crippen LogP contribution is -2.51. The van der Waals surface area contributed by atoms with Gasteiger partial charge in [-0.3, -0.25) is 4.79 Å². The van der Waals surface area contributed by atoms with E-state index in [2.05, 4.69) is 26.1 Å². The highest BCUT2D eigenvalue weighted by molar-refractivity contribution is 8.00. The maximum absolute atomic E-state index is 12.3. The summed E-state index contributed by atoms with van der Waals surface area (Å²) >= 11 is 1.60. The Balaban J connectivity index is 2.66. The molecule has 0 aliphatic rings. The normalized spacial score (nSPS) is 13.9. The molecule has 1 rings (SSSR count). The summed E-state index contributed by atoms with van der Waals surface area (Å²) < 4.78 is 5.05. The zero-order valence-corrected chi connectivity index (χ0v) is 15.7. The lowest BCUT2D eigenvalue weighted by molar-refractivity contribution is -0.146. The summed E-state index contributed by atoms with van der Waals surface area (Å²) in [6, 6.07) is 8.17. The third-order valence-electron chi connectivity index (χ3n) is 3.21. The van der Waals surface area contributed by atoms with Gasteiger partial charge >= 0.3 is 5.97 Å². The van der Waals surface area contributed by atoms with E-state index < -0.39 is 18.1 Å². The van der Waals surface area contributed by atoms with E-state index in [4.69, 9.17) is 10.5 Å². The molecular formula is C18H28N2O3S. The van der Waals surface area contributed by atoms with Gasteiger partial charge in [-0.25, -0.2) is 4.79 Å². The first-order chi connectivity index (χ1) is 11.2. The highest BCUT2D eigenvalue weighted by Crippen LogP contribution is 2.24. The molecule has 134 valence electrons. The van der Waals surface area contributed by atoms with Crippen molar-refractivity contribution in [2.24, 2.45) is 5.73 Å². The van der Waals surface area contributed by atoms with Crippen molar-refractivity contribution in [2.45, 2.75) is 50.9 Å². The molecule has 0 saturated heterocycles. The predicted octanol–water partition coefficient (Wildman–Crippen LogP) is 2.14. The topological polar surface area (TPSA) is 81.4 Å². The molecule has 0 aliphatic carbocycles. The molecule has 0 saturated carbocycles. The Hall–Kier alpha value is -1.53. The zero-order chi connectivity index (χ0) is 18.2. The number of carbonyl (C=O) groups is 2. The summed E-state index contributed by atoms with van der Waals surface area (Å²) in [5.41, 5.74) is 6.97. The SMILES string of the molecule is CCOC(=O)C(CSC(C)(C)C)NC(=O)C(N)Cc1ccccc1. The van der Waals surface area contributed by atoms with Gasteiger partial charge in [0.1, 0.15) is 6.04 Å². The quantitative estimate of drug-likeness (QED) is 0.701.